The van der Waals surface area contributed by atoms with Crippen LogP contribution in [-0.2, 0) is 21.4 Å². The molecule has 1 unspecified atom stereocenters. The van der Waals surface area contributed by atoms with E-state index in [4.69, 9.17) is 4.74 Å². The van der Waals surface area contributed by atoms with Gasteiger partial charge in [0.15, 0.2) is 11.2 Å². The first-order valence-electron chi connectivity index (χ1n) is 8.66. The summed E-state index contributed by atoms with van der Waals surface area (Å²) in [5.74, 6) is -0.734. The third-order valence-corrected chi connectivity index (χ3v) is 5.28. The van der Waals surface area contributed by atoms with Gasteiger partial charge in [0.25, 0.3) is 0 Å². The summed E-state index contributed by atoms with van der Waals surface area (Å²) in [6.07, 6.45) is 2.82. The van der Waals surface area contributed by atoms with Gasteiger partial charge in [0, 0.05) is 6.20 Å². The Morgan fingerprint density at radius 3 is 2.65 bits per heavy atom. The van der Waals surface area contributed by atoms with E-state index in [1.807, 2.05) is 56.4 Å². The highest BCUT2D eigenvalue weighted by atomic mass is 16.5. The number of esters is 1. The molecule has 0 spiro atoms. The van der Waals surface area contributed by atoms with E-state index in [2.05, 4.69) is 5.10 Å². The summed E-state index contributed by atoms with van der Waals surface area (Å²) in [5, 5.41) is 4.61. The molecule has 0 radical (unpaired) electrons. The second kappa shape index (κ2) is 5.80. The number of nitrogens with zero attached hydrogens (tertiary/aromatic N) is 2. The van der Waals surface area contributed by atoms with Gasteiger partial charge in [0.1, 0.15) is 0 Å². The van der Waals surface area contributed by atoms with E-state index < -0.39 is 11.4 Å². The molecule has 3 aromatic rings. The number of ketones is 1. The lowest BCUT2D eigenvalue weighted by molar-refractivity contribution is -0.145. The van der Waals surface area contributed by atoms with Gasteiger partial charge in [-0.2, -0.15) is 5.10 Å². The summed E-state index contributed by atoms with van der Waals surface area (Å²) >= 11 is 0. The van der Waals surface area contributed by atoms with E-state index in [9.17, 15) is 9.59 Å². The van der Waals surface area contributed by atoms with Crippen LogP contribution in [0, 0.1) is 13.8 Å². The number of benzene rings is 1. The molecule has 1 aliphatic rings. The number of hydrogen-bond acceptors (Lipinski definition) is 4. The van der Waals surface area contributed by atoms with E-state index in [1.54, 1.807) is 4.52 Å². The van der Waals surface area contributed by atoms with Crippen molar-refractivity contribution in [2.45, 2.75) is 32.1 Å². The van der Waals surface area contributed by atoms with E-state index >= 15 is 0 Å². The van der Waals surface area contributed by atoms with Crippen LogP contribution >= 0.6 is 0 Å². The quantitative estimate of drug-likeness (QED) is 0.527. The fraction of sp³-hybridized carbons (Fsp3) is 0.286. The highest BCUT2D eigenvalue weighted by molar-refractivity contribution is 6.21. The van der Waals surface area contributed by atoms with Crippen molar-refractivity contribution in [2.75, 3.05) is 7.11 Å². The van der Waals surface area contributed by atoms with Crippen molar-refractivity contribution in [3.63, 3.8) is 0 Å². The minimum atomic E-state index is -1.32. The molecule has 0 aliphatic heterocycles. The molecule has 0 saturated heterocycles. The minimum Gasteiger partial charge on any atom is -0.468 e. The van der Waals surface area contributed by atoms with Gasteiger partial charge >= 0.3 is 5.97 Å². The number of carbonyl (C=O) groups is 2. The Kier molecular flexibility index (Phi) is 3.68. The molecular weight excluding hydrogens is 328 g/mol. The molecule has 2 heterocycles. The largest absolute Gasteiger partial charge is 0.468 e. The van der Waals surface area contributed by atoms with Crippen LogP contribution in [0.25, 0.3) is 5.52 Å². The van der Waals surface area contributed by atoms with Gasteiger partial charge in [-0.1, -0.05) is 36.4 Å². The molecule has 0 N–H and O–H groups in total. The van der Waals surface area contributed by atoms with Gasteiger partial charge in [-0.15, -0.1) is 0 Å². The first-order valence-corrected chi connectivity index (χ1v) is 8.66. The van der Waals surface area contributed by atoms with Crippen LogP contribution in [0.3, 0.4) is 0 Å². The van der Waals surface area contributed by atoms with E-state index in [0.717, 1.165) is 22.3 Å². The molecule has 0 bridgehead atoms. The standard InChI is InChI=1S/C21H20N2O3/c1-13-11-14(2)18-17-16(22-23(18)12-13)9-10-21(19(17)24,20(25)26-3)15-7-5-4-6-8-15/h4-8,11-12H,9-10H2,1-3H3. The Labute approximate surface area is 151 Å². The predicted molar refractivity (Wildman–Crippen MR) is 97.5 cm³/mol. The Bertz CT molecular complexity index is 1040. The number of pyridine rings is 1. The molecule has 1 aromatic carbocycles. The van der Waals surface area contributed by atoms with Crippen molar-refractivity contribution in [3.8, 4) is 0 Å². The maximum atomic E-state index is 13.7. The third-order valence-electron chi connectivity index (χ3n) is 5.28. The first-order chi connectivity index (χ1) is 12.5. The van der Waals surface area contributed by atoms with Crippen molar-refractivity contribution in [2.24, 2.45) is 0 Å². The van der Waals surface area contributed by atoms with E-state index in [-0.39, 0.29) is 5.78 Å². The second-order valence-corrected chi connectivity index (χ2v) is 6.91. The number of methoxy groups -OCH3 is 1. The Hall–Kier alpha value is -2.95. The van der Waals surface area contributed by atoms with Crippen LogP contribution in [0.2, 0.25) is 0 Å². The monoisotopic (exact) mass is 348 g/mol. The van der Waals surface area contributed by atoms with Crippen molar-refractivity contribution in [3.05, 3.63) is 70.5 Å². The topological polar surface area (TPSA) is 60.7 Å². The normalized spacial score (nSPS) is 19.4. The number of aryl methyl sites for hydroxylation is 3. The number of Topliss-reactive ketones (excluding diaryl/α,β-unsaturated/α-hetero) is 1. The van der Waals surface area contributed by atoms with Gasteiger partial charge in [0.2, 0.25) is 0 Å². The summed E-state index contributed by atoms with van der Waals surface area (Å²) in [6, 6.07) is 11.2. The third kappa shape index (κ3) is 2.13. The molecule has 0 amide bonds. The SMILES string of the molecule is COC(=O)C1(c2ccccc2)CCc2nn3cc(C)cc(C)c3c2C1=O. The number of fused-ring (bicyclic) bond motifs is 3. The Morgan fingerprint density at radius 1 is 1.23 bits per heavy atom. The zero-order valence-electron chi connectivity index (χ0n) is 15.1. The molecule has 0 fully saturated rings. The van der Waals surface area contributed by atoms with Gasteiger partial charge in [0.05, 0.1) is 23.9 Å². The van der Waals surface area contributed by atoms with Gasteiger partial charge in [-0.05, 0) is 43.4 Å². The molecule has 4 rings (SSSR count). The van der Waals surface area contributed by atoms with Crippen molar-refractivity contribution in [1.29, 1.82) is 0 Å². The molecule has 2 aromatic heterocycles. The van der Waals surface area contributed by atoms with Crippen LogP contribution < -0.4 is 0 Å². The smallest absolute Gasteiger partial charge is 0.324 e. The lowest BCUT2D eigenvalue weighted by Gasteiger charge is -2.33. The van der Waals surface area contributed by atoms with Crippen LogP contribution in [-0.4, -0.2) is 28.5 Å². The van der Waals surface area contributed by atoms with Crippen molar-refractivity contribution in [1.82, 2.24) is 9.61 Å². The fourth-order valence-corrected chi connectivity index (χ4v) is 4.12. The minimum absolute atomic E-state index is 0.223. The summed E-state index contributed by atoms with van der Waals surface area (Å²) < 4.78 is 6.85. The van der Waals surface area contributed by atoms with Crippen molar-refractivity contribution < 1.29 is 14.3 Å². The predicted octanol–water partition coefficient (Wildman–Crippen LogP) is 3.19. The zero-order chi connectivity index (χ0) is 18.5. The maximum absolute atomic E-state index is 13.7. The van der Waals surface area contributed by atoms with Crippen LogP contribution in [0.15, 0.2) is 42.6 Å². The molecule has 0 saturated carbocycles. The van der Waals surface area contributed by atoms with Crippen molar-refractivity contribution >= 4 is 17.3 Å². The average Bonchev–Trinajstić information content (AvgIpc) is 3.01. The molecule has 26 heavy (non-hydrogen) atoms. The summed E-state index contributed by atoms with van der Waals surface area (Å²) in [5.41, 5.74) is 3.47. The maximum Gasteiger partial charge on any atom is 0.324 e. The van der Waals surface area contributed by atoms with Gasteiger partial charge in [-0.3, -0.25) is 9.59 Å². The summed E-state index contributed by atoms with van der Waals surface area (Å²) in [4.78, 5) is 26.5. The van der Waals surface area contributed by atoms with Crippen LogP contribution in [0.5, 0.6) is 0 Å². The molecular formula is C21H20N2O3. The lowest BCUT2D eigenvalue weighted by Crippen LogP contribution is -2.47. The number of carbonyl (C=O) groups excluding carboxylic acids is 2. The number of rotatable bonds is 2. The summed E-state index contributed by atoms with van der Waals surface area (Å²) in [7, 11) is 1.33. The Morgan fingerprint density at radius 2 is 1.96 bits per heavy atom. The highest BCUT2D eigenvalue weighted by Crippen LogP contribution is 2.41. The molecule has 1 aliphatic carbocycles. The fourth-order valence-electron chi connectivity index (χ4n) is 4.12. The number of aromatic nitrogens is 2. The molecule has 5 heteroatoms. The van der Waals surface area contributed by atoms with Gasteiger partial charge in [-0.25, -0.2) is 4.52 Å². The second-order valence-electron chi connectivity index (χ2n) is 6.91. The van der Waals surface area contributed by atoms with Gasteiger partial charge < -0.3 is 4.74 Å². The number of ether oxygens (including phenoxy) is 1. The van der Waals surface area contributed by atoms with Crippen LogP contribution in [0.1, 0.15) is 39.2 Å². The van der Waals surface area contributed by atoms with Crippen LogP contribution in [0.4, 0.5) is 0 Å². The first kappa shape index (κ1) is 16.5. The lowest BCUT2D eigenvalue weighted by atomic mass is 9.67. The van der Waals surface area contributed by atoms with E-state index in [0.29, 0.717) is 24.0 Å². The molecule has 132 valence electrons. The zero-order valence-corrected chi connectivity index (χ0v) is 15.1. The molecule has 5 nitrogen and oxygen atoms in total. The Balaban J connectivity index is 2.01. The number of hydrogen-bond donors (Lipinski definition) is 0. The van der Waals surface area contributed by atoms with E-state index in [1.165, 1.54) is 7.11 Å². The molecule has 1 atom stereocenters. The average molecular weight is 348 g/mol. The summed E-state index contributed by atoms with van der Waals surface area (Å²) in [6.45, 7) is 3.96. The highest BCUT2D eigenvalue weighted by Gasteiger charge is 2.52.